The lowest BCUT2D eigenvalue weighted by molar-refractivity contribution is 0.172. The molecule has 0 spiro atoms. The van der Waals surface area contributed by atoms with Crippen LogP contribution in [-0.2, 0) is 0 Å². The summed E-state index contributed by atoms with van der Waals surface area (Å²) in [5.74, 6) is 0.684. The van der Waals surface area contributed by atoms with Gasteiger partial charge in [0.25, 0.3) is 0 Å². The minimum atomic E-state index is -0.660. The average Bonchev–Trinajstić information content (AvgIpc) is 2.04. The van der Waals surface area contributed by atoms with Gasteiger partial charge in [0.1, 0.15) is 5.75 Å². The summed E-state index contributed by atoms with van der Waals surface area (Å²) in [4.78, 5) is 0. The molecule has 1 atom stereocenters. The molecule has 1 aromatic carbocycles. The molecule has 0 aliphatic carbocycles. The molecule has 12 heavy (non-hydrogen) atoms. The van der Waals surface area contributed by atoms with Crippen molar-refractivity contribution in [3.05, 3.63) is 29.8 Å². The Hall–Kier alpha value is -0.730. The first-order valence-corrected chi connectivity index (χ1v) is 4.14. The lowest BCUT2D eigenvalue weighted by Gasteiger charge is -2.09. The van der Waals surface area contributed by atoms with Gasteiger partial charge in [0.15, 0.2) is 5.56 Å². The molecule has 0 heterocycles. The van der Waals surface area contributed by atoms with Crippen LogP contribution in [0, 0.1) is 6.92 Å². The van der Waals surface area contributed by atoms with Crippen molar-refractivity contribution in [2.24, 2.45) is 0 Å². The van der Waals surface area contributed by atoms with Gasteiger partial charge in [-0.05, 0) is 24.6 Å². The van der Waals surface area contributed by atoms with Gasteiger partial charge in [0.2, 0.25) is 0 Å². The Morgan fingerprint density at radius 2 is 2.33 bits per heavy atom. The number of hydrogen-bond acceptors (Lipinski definition) is 2. The van der Waals surface area contributed by atoms with Gasteiger partial charge in [0, 0.05) is 0 Å². The van der Waals surface area contributed by atoms with Crippen molar-refractivity contribution >= 4 is 11.6 Å². The Bertz CT molecular complexity index is 250. The molecule has 0 aliphatic rings. The molecular weight excluding hydrogens is 176 g/mol. The first kappa shape index (κ1) is 9.36. The summed E-state index contributed by atoms with van der Waals surface area (Å²) < 4.78 is 5.16. The maximum Gasteiger partial charge on any atom is 0.195 e. The van der Waals surface area contributed by atoms with Gasteiger partial charge in [-0.3, -0.25) is 0 Å². The third kappa shape index (κ3) is 2.72. The van der Waals surface area contributed by atoms with Gasteiger partial charge in [-0.15, -0.1) is 0 Å². The van der Waals surface area contributed by atoms with Crippen LogP contribution in [0.25, 0.3) is 0 Å². The van der Waals surface area contributed by atoms with Crippen LogP contribution < -0.4 is 4.74 Å². The minimum absolute atomic E-state index is 0.185. The highest BCUT2D eigenvalue weighted by atomic mass is 35.5. The van der Waals surface area contributed by atoms with Crippen molar-refractivity contribution in [2.45, 2.75) is 12.5 Å². The van der Waals surface area contributed by atoms with Crippen LogP contribution in [-0.4, -0.2) is 17.3 Å². The predicted molar refractivity (Wildman–Crippen MR) is 48.5 cm³/mol. The number of hydrogen-bond donors (Lipinski definition) is 1. The molecule has 0 amide bonds. The van der Waals surface area contributed by atoms with E-state index in [9.17, 15) is 0 Å². The molecule has 1 unspecified atom stereocenters. The highest BCUT2D eigenvalue weighted by Crippen LogP contribution is 2.14. The van der Waals surface area contributed by atoms with Crippen LogP contribution in [0.4, 0.5) is 0 Å². The number of aliphatic hydroxyl groups excluding tert-OH is 1. The van der Waals surface area contributed by atoms with E-state index >= 15 is 0 Å². The second kappa shape index (κ2) is 4.33. The third-order valence-electron chi connectivity index (χ3n) is 1.40. The standard InChI is InChI=1S/C9H11ClO2/c1-7-3-2-4-8(5-7)12-9(10)6-11/h2-5,9,11H,6H2,1H3. The quantitative estimate of drug-likeness (QED) is 0.731. The Labute approximate surface area is 76.7 Å². The average molecular weight is 187 g/mol. The number of benzene rings is 1. The van der Waals surface area contributed by atoms with Crippen molar-refractivity contribution in [3.8, 4) is 5.75 Å². The molecule has 0 saturated heterocycles. The van der Waals surface area contributed by atoms with Crippen LogP contribution in [0.1, 0.15) is 5.56 Å². The van der Waals surface area contributed by atoms with Gasteiger partial charge < -0.3 is 9.84 Å². The Balaban J connectivity index is 2.63. The summed E-state index contributed by atoms with van der Waals surface area (Å²) in [6, 6.07) is 7.52. The number of aryl methyl sites for hydroxylation is 1. The smallest absolute Gasteiger partial charge is 0.195 e. The van der Waals surface area contributed by atoms with Crippen molar-refractivity contribution < 1.29 is 9.84 Å². The van der Waals surface area contributed by atoms with Crippen molar-refractivity contribution in [3.63, 3.8) is 0 Å². The summed E-state index contributed by atoms with van der Waals surface area (Å²) in [6.45, 7) is 1.78. The zero-order valence-electron chi connectivity index (χ0n) is 6.83. The molecule has 1 aromatic rings. The highest BCUT2D eigenvalue weighted by molar-refractivity contribution is 6.19. The summed E-state index contributed by atoms with van der Waals surface area (Å²) >= 11 is 5.58. The Kier molecular flexibility index (Phi) is 3.38. The monoisotopic (exact) mass is 186 g/mol. The van der Waals surface area contributed by atoms with E-state index in [-0.39, 0.29) is 6.61 Å². The number of rotatable bonds is 3. The van der Waals surface area contributed by atoms with Gasteiger partial charge in [0.05, 0.1) is 6.61 Å². The van der Waals surface area contributed by atoms with Gasteiger partial charge in [-0.1, -0.05) is 23.7 Å². The zero-order chi connectivity index (χ0) is 8.97. The highest BCUT2D eigenvalue weighted by Gasteiger charge is 2.02. The topological polar surface area (TPSA) is 29.5 Å². The van der Waals surface area contributed by atoms with Gasteiger partial charge >= 0.3 is 0 Å². The van der Waals surface area contributed by atoms with Crippen LogP contribution in [0.2, 0.25) is 0 Å². The maximum atomic E-state index is 8.61. The summed E-state index contributed by atoms with van der Waals surface area (Å²) in [7, 11) is 0. The molecule has 0 bridgehead atoms. The molecule has 1 N–H and O–H groups in total. The van der Waals surface area contributed by atoms with Crippen LogP contribution in [0.15, 0.2) is 24.3 Å². The van der Waals surface area contributed by atoms with Crippen LogP contribution in [0.5, 0.6) is 5.75 Å². The number of alkyl halides is 1. The Morgan fingerprint density at radius 1 is 1.58 bits per heavy atom. The van der Waals surface area contributed by atoms with Crippen LogP contribution in [0.3, 0.4) is 0 Å². The first-order valence-electron chi connectivity index (χ1n) is 3.70. The number of aliphatic hydroxyl groups is 1. The molecule has 0 saturated carbocycles. The van der Waals surface area contributed by atoms with Gasteiger partial charge in [-0.2, -0.15) is 0 Å². The molecular formula is C9H11ClO2. The summed E-state index contributed by atoms with van der Waals surface area (Å²) in [5.41, 5.74) is 0.445. The van der Waals surface area contributed by atoms with E-state index in [1.54, 1.807) is 6.07 Å². The van der Waals surface area contributed by atoms with Crippen molar-refractivity contribution in [1.29, 1.82) is 0 Å². The van der Waals surface area contributed by atoms with E-state index < -0.39 is 5.56 Å². The van der Waals surface area contributed by atoms with Crippen LogP contribution >= 0.6 is 11.6 Å². The third-order valence-corrected chi connectivity index (χ3v) is 1.62. The SMILES string of the molecule is Cc1cccc(OC(Cl)CO)c1. The molecule has 0 radical (unpaired) electrons. The minimum Gasteiger partial charge on any atom is -0.472 e. The van der Waals surface area contributed by atoms with Crippen molar-refractivity contribution in [1.82, 2.24) is 0 Å². The molecule has 66 valence electrons. The largest absolute Gasteiger partial charge is 0.472 e. The molecule has 1 rings (SSSR count). The molecule has 3 heteroatoms. The van der Waals surface area contributed by atoms with Crippen molar-refractivity contribution in [2.75, 3.05) is 6.61 Å². The Morgan fingerprint density at radius 3 is 2.92 bits per heavy atom. The molecule has 2 nitrogen and oxygen atoms in total. The fourth-order valence-corrected chi connectivity index (χ4v) is 0.976. The van der Waals surface area contributed by atoms with E-state index in [1.165, 1.54) is 0 Å². The van der Waals surface area contributed by atoms with E-state index in [0.717, 1.165) is 5.56 Å². The lowest BCUT2D eigenvalue weighted by Crippen LogP contribution is -2.13. The van der Waals surface area contributed by atoms with Gasteiger partial charge in [-0.25, -0.2) is 0 Å². The lowest BCUT2D eigenvalue weighted by atomic mass is 10.2. The van der Waals surface area contributed by atoms with E-state index in [2.05, 4.69) is 0 Å². The molecule has 0 aliphatic heterocycles. The second-order valence-electron chi connectivity index (χ2n) is 2.53. The summed E-state index contributed by atoms with van der Waals surface area (Å²) in [6.07, 6.45) is 0. The first-order chi connectivity index (χ1) is 5.72. The fourth-order valence-electron chi connectivity index (χ4n) is 0.874. The van der Waals surface area contributed by atoms with E-state index in [4.69, 9.17) is 21.4 Å². The zero-order valence-corrected chi connectivity index (χ0v) is 7.58. The number of halogens is 1. The number of ether oxygens (including phenoxy) is 1. The predicted octanol–water partition coefficient (Wildman–Crippen LogP) is 1.93. The summed E-state index contributed by atoms with van der Waals surface area (Å²) in [5, 5.41) is 8.61. The fraction of sp³-hybridized carbons (Fsp3) is 0.333. The van der Waals surface area contributed by atoms with E-state index in [0.29, 0.717) is 5.75 Å². The molecule has 0 aromatic heterocycles. The second-order valence-corrected chi connectivity index (χ2v) is 3.01. The molecule has 0 fully saturated rings. The maximum absolute atomic E-state index is 8.61. The normalized spacial score (nSPS) is 12.6. The van der Waals surface area contributed by atoms with E-state index in [1.807, 2.05) is 25.1 Å².